The van der Waals surface area contributed by atoms with Crippen LogP contribution in [-0.2, 0) is 4.74 Å². The highest BCUT2D eigenvalue weighted by atomic mass is 127. The SMILES string of the molecule is COC(=O)c1cc(C)cc([N+](=O)[O-])c1I. The molecule has 5 nitrogen and oxygen atoms in total. The highest BCUT2D eigenvalue weighted by molar-refractivity contribution is 14.1. The van der Waals surface area contributed by atoms with E-state index in [0.717, 1.165) is 0 Å². The minimum absolute atomic E-state index is 0.0731. The Morgan fingerprint density at radius 1 is 1.53 bits per heavy atom. The second-order valence-corrected chi connectivity index (χ2v) is 3.97. The van der Waals surface area contributed by atoms with Gasteiger partial charge in [-0.25, -0.2) is 4.79 Å². The Bertz CT molecular complexity index is 430. The summed E-state index contributed by atoms with van der Waals surface area (Å²) >= 11 is 1.77. The van der Waals surface area contributed by atoms with Crippen molar-refractivity contribution in [3.8, 4) is 0 Å². The van der Waals surface area contributed by atoms with Crippen LogP contribution < -0.4 is 0 Å². The standard InChI is InChI=1S/C9H8INO4/c1-5-3-6(9(12)15-2)8(10)7(4-5)11(13)14/h3-4H,1-2H3. The summed E-state index contributed by atoms with van der Waals surface area (Å²) < 4.78 is 4.84. The third-order valence-corrected chi connectivity index (χ3v) is 2.93. The van der Waals surface area contributed by atoms with Gasteiger partial charge in [0.25, 0.3) is 5.69 Å². The van der Waals surface area contributed by atoms with Crippen LogP contribution in [0.4, 0.5) is 5.69 Å². The van der Waals surface area contributed by atoms with Crippen molar-refractivity contribution in [1.29, 1.82) is 0 Å². The van der Waals surface area contributed by atoms with E-state index in [0.29, 0.717) is 9.13 Å². The molecule has 6 heteroatoms. The molecule has 0 unspecified atom stereocenters. The zero-order chi connectivity index (χ0) is 11.6. The minimum atomic E-state index is -0.564. The van der Waals surface area contributed by atoms with Gasteiger partial charge >= 0.3 is 5.97 Å². The molecule has 0 radical (unpaired) electrons. The van der Waals surface area contributed by atoms with E-state index in [1.807, 2.05) is 0 Å². The molecule has 1 rings (SSSR count). The molecule has 0 amide bonds. The van der Waals surface area contributed by atoms with Gasteiger partial charge in [-0.2, -0.15) is 0 Å². The Morgan fingerprint density at radius 2 is 2.13 bits per heavy atom. The molecule has 0 fully saturated rings. The van der Waals surface area contributed by atoms with Crippen LogP contribution in [0.5, 0.6) is 0 Å². The molecular weight excluding hydrogens is 313 g/mol. The Hall–Kier alpha value is -1.18. The number of esters is 1. The van der Waals surface area contributed by atoms with Crippen LogP contribution in [0.15, 0.2) is 12.1 Å². The predicted octanol–water partition coefficient (Wildman–Crippen LogP) is 2.29. The molecule has 1 aromatic rings. The van der Waals surface area contributed by atoms with E-state index >= 15 is 0 Å². The Labute approximate surface area is 99.7 Å². The van der Waals surface area contributed by atoms with Crippen LogP contribution in [-0.4, -0.2) is 18.0 Å². The molecule has 0 bridgehead atoms. The summed E-state index contributed by atoms with van der Waals surface area (Å²) in [5.41, 5.74) is 0.809. The number of nitro benzene ring substituents is 1. The van der Waals surface area contributed by atoms with Gasteiger partial charge in [0.1, 0.15) is 3.57 Å². The highest BCUT2D eigenvalue weighted by Crippen LogP contribution is 2.26. The van der Waals surface area contributed by atoms with Gasteiger partial charge in [0, 0.05) is 6.07 Å². The summed E-state index contributed by atoms with van der Waals surface area (Å²) in [6.07, 6.45) is 0. The van der Waals surface area contributed by atoms with Crippen LogP contribution in [0.3, 0.4) is 0 Å². The lowest BCUT2D eigenvalue weighted by Crippen LogP contribution is -2.06. The number of aryl methyl sites for hydroxylation is 1. The van der Waals surface area contributed by atoms with Gasteiger partial charge in [-0.05, 0) is 41.1 Å². The van der Waals surface area contributed by atoms with Crippen molar-refractivity contribution in [2.75, 3.05) is 7.11 Å². The average molecular weight is 321 g/mol. The molecule has 0 aliphatic carbocycles. The number of hydrogen-bond acceptors (Lipinski definition) is 4. The van der Waals surface area contributed by atoms with Crippen LogP contribution in [0.2, 0.25) is 0 Å². The van der Waals surface area contributed by atoms with E-state index in [1.165, 1.54) is 13.2 Å². The number of benzene rings is 1. The number of nitro groups is 1. The molecule has 1 aromatic carbocycles. The van der Waals surface area contributed by atoms with Gasteiger partial charge in [-0.15, -0.1) is 0 Å². The van der Waals surface area contributed by atoms with Crippen molar-refractivity contribution in [2.45, 2.75) is 6.92 Å². The first-order valence-electron chi connectivity index (χ1n) is 4.00. The number of rotatable bonds is 2. The van der Waals surface area contributed by atoms with Gasteiger partial charge in [0.2, 0.25) is 0 Å². The van der Waals surface area contributed by atoms with Crippen molar-refractivity contribution in [1.82, 2.24) is 0 Å². The fourth-order valence-corrected chi connectivity index (χ4v) is 1.87. The van der Waals surface area contributed by atoms with Gasteiger partial charge in [-0.3, -0.25) is 10.1 Å². The quantitative estimate of drug-likeness (QED) is 0.363. The smallest absolute Gasteiger partial charge is 0.339 e. The first-order valence-corrected chi connectivity index (χ1v) is 5.08. The highest BCUT2D eigenvalue weighted by Gasteiger charge is 2.20. The lowest BCUT2D eigenvalue weighted by molar-refractivity contribution is -0.385. The zero-order valence-corrected chi connectivity index (χ0v) is 10.3. The summed E-state index contributed by atoms with van der Waals surface area (Å²) in [5, 5.41) is 10.7. The molecule has 0 saturated heterocycles. The van der Waals surface area contributed by atoms with E-state index in [9.17, 15) is 14.9 Å². The lowest BCUT2D eigenvalue weighted by atomic mass is 10.1. The van der Waals surface area contributed by atoms with Gasteiger partial charge in [0.15, 0.2) is 0 Å². The van der Waals surface area contributed by atoms with Gasteiger partial charge in [0.05, 0.1) is 17.6 Å². The molecule has 0 N–H and O–H groups in total. The van der Waals surface area contributed by atoms with Crippen LogP contribution in [0.25, 0.3) is 0 Å². The van der Waals surface area contributed by atoms with Crippen molar-refractivity contribution in [3.63, 3.8) is 0 Å². The summed E-state index contributed by atoms with van der Waals surface area (Å²) in [5.74, 6) is -0.564. The molecule has 0 saturated carbocycles. The molecule has 0 heterocycles. The topological polar surface area (TPSA) is 69.4 Å². The number of nitrogens with zero attached hydrogens (tertiary/aromatic N) is 1. The summed E-state index contributed by atoms with van der Waals surface area (Å²) in [6, 6.07) is 2.99. The Kier molecular flexibility index (Phi) is 3.61. The maximum Gasteiger partial charge on any atom is 0.339 e. The van der Waals surface area contributed by atoms with Crippen molar-refractivity contribution in [3.05, 3.63) is 36.9 Å². The van der Waals surface area contributed by atoms with Crippen molar-refractivity contribution >= 4 is 34.2 Å². The second-order valence-electron chi connectivity index (χ2n) is 2.89. The molecule has 15 heavy (non-hydrogen) atoms. The summed E-state index contributed by atoms with van der Waals surface area (Å²) in [6.45, 7) is 1.69. The zero-order valence-electron chi connectivity index (χ0n) is 8.11. The number of halogens is 1. The summed E-state index contributed by atoms with van der Waals surface area (Å²) in [7, 11) is 1.24. The Morgan fingerprint density at radius 3 is 2.60 bits per heavy atom. The number of methoxy groups -OCH3 is 1. The second kappa shape index (κ2) is 4.56. The molecule has 0 aliphatic rings. The first-order chi connectivity index (χ1) is 6.97. The van der Waals surface area contributed by atoms with E-state index in [2.05, 4.69) is 4.74 Å². The third kappa shape index (κ3) is 2.44. The molecule has 0 aromatic heterocycles. The minimum Gasteiger partial charge on any atom is -0.465 e. The monoisotopic (exact) mass is 321 g/mol. The van der Waals surface area contributed by atoms with E-state index in [-0.39, 0.29) is 11.3 Å². The number of carbonyl (C=O) groups excluding carboxylic acids is 1. The Balaban J connectivity index is 3.41. The van der Waals surface area contributed by atoms with Crippen LogP contribution in [0, 0.1) is 20.6 Å². The number of ether oxygens (including phenoxy) is 1. The van der Waals surface area contributed by atoms with Gasteiger partial charge in [-0.1, -0.05) is 0 Å². The first kappa shape index (κ1) is 11.9. The maximum atomic E-state index is 11.3. The lowest BCUT2D eigenvalue weighted by Gasteiger charge is -2.04. The molecule has 0 atom stereocenters. The van der Waals surface area contributed by atoms with Crippen molar-refractivity contribution in [2.24, 2.45) is 0 Å². The fourth-order valence-electron chi connectivity index (χ4n) is 1.14. The van der Waals surface area contributed by atoms with E-state index in [4.69, 9.17) is 0 Å². The predicted molar refractivity (Wildman–Crippen MR) is 61.9 cm³/mol. The third-order valence-electron chi connectivity index (χ3n) is 1.80. The fraction of sp³-hybridized carbons (Fsp3) is 0.222. The van der Waals surface area contributed by atoms with Gasteiger partial charge < -0.3 is 4.74 Å². The number of hydrogen-bond donors (Lipinski definition) is 0. The average Bonchev–Trinajstić information content (AvgIpc) is 2.19. The number of carbonyl (C=O) groups is 1. The maximum absolute atomic E-state index is 11.3. The molecule has 0 spiro atoms. The van der Waals surface area contributed by atoms with Crippen molar-refractivity contribution < 1.29 is 14.5 Å². The molecular formula is C9H8INO4. The normalized spacial score (nSPS) is 9.80. The van der Waals surface area contributed by atoms with E-state index < -0.39 is 10.9 Å². The molecule has 0 aliphatic heterocycles. The van der Waals surface area contributed by atoms with Crippen LogP contribution >= 0.6 is 22.6 Å². The molecule has 80 valence electrons. The summed E-state index contributed by atoms with van der Waals surface area (Å²) in [4.78, 5) is 21.5. The van der Waals surface area contributed by atoms with E-state index in [1.54, 1.807) is 35.6 Å². The largest absolute Gasteiger partial charge is 0.465 e. The van der Waals surface area contributed by atoms with Crippen LogP contribution in [0.1, 0.15) is 15.9 Å².